The number of nitrogens with zero attached hydrogens (tertiary/aromatic N) is 1. The summed E-state index contributed by atoms with van der Waals surface area (Å²) in [7, 11) is 0. The summed E-state index contributed by atoms with van der Waals surface area (Å²) in [6.45, 7) is 3.48. The molecule has 1 unspecified atom stereocenters. The molecule has 1 aromatic rings. The van der Waals surface area contributed by atoms with Crippen LogP contribution in [0.25, 0.3) is 0 Å². The molecule has 0 spiro atoms. The van der Waals surface area contributed by atoms with Crippen LogP contribution in [0.3, 0.4) is 0 Å². The first kappa shape index (κ1) is 13.3. The molecule has 1 aliphatic rings. The summed E-state index contributed by atoms with van der Waals surface area (Å²) in [6, 6.07) is 7.29. The van der Waals surface area contributed by atoms with E-state index < -0.39 is 0 Å². The number of para-hydroxylation sites is 1. The minimum absolute atomic E-state index is 0.143. The summed E-state index contributed by atoms with van der Waals surface area (Å²) >= 11 is 0. The third-order valence-electron chi connectivity index (χ3n) is 4.09. The van der Waals surface area contributed by atoms with E-state index >= 15 is 0 Å². The number of hydrogen-bond acceptors (Lipinski definition) is 2. The van der Waals surface area contributed by atoms with Crippen molar-refractivity contribution >= 4 is 5.69 Å². The number of likely N-dealkylation sites (N-methyl/N-ethyl adjacent to an activating group) is 1. The van der Waals surface area contributed by atoms with Crippen LogP contribution in [0.1, 0.15) is 32.6 Å². The van der Waals surface area contributed by atoms with Gasteiger partial charge in [0.2, 0.25) is 0 Å². The lowest BCUT2D eigenvalue weighted by molar-refractivity contribution is 0.408. The Bertz CT molecular complexity index is 375. The van der Waals surface area contributed by atoms with Crippen molar-refractivity contribution < 1.29 is 4.39 Å². The minimum Gasteiger partial charge on any atom is -0.365 e. The van der Waals surface area contributed by atoms with Crippen LogP contribution >= 0.6 is 0 Å². The minimum atomic E-state index is -0.143. The molecule has 0 saturated heterocycles. The van der Waals surface area contributed by atoms with Gasteiger partial charge < -0.3 is 10.6 Å². The fourth-order valence-corrected chi connectivity index (χ4v) is 3.18. The van der Waals surface area contributed by atoms with Crippen LogP contribution in [0.2, 0.25) is 0 Å². The number of rotatable bonds is 5. The fraction of sp³-hybridized carbons (Fsp3) is 0.600. The predicted octanol–water partition coefficient (Wildman–Crippen LogP) is 3.17. The lowest BCUT2D eigenvalue weighted by Gasteiger charge is -2.36. The van der Waals surface area contributed by atoms with Gasteiger partial charge in [-0.2, -0.15) is 0 Å². The third-order valence-corrected chi connectivity index (χ3v) is 4.09. The van der Waals surface area contributed by atoms with Crippen LogP contribution in [0.15, 0.2) is 24.3 Å². The Labute approximate surface area is 109 Å². The highest BCUT2D eigenvalue weighted by Gasteiger charge is 2.29. The Hall–Kier alpha value is -1.09. The van der Waals surface area contributed by atoms with E-state index in [1.165, 1.54) is 31.7 Å². The van der Waals surface area contributed by atoms with Crippen molar-refractivity contribution in [3.8, 4) is 0 Å². The molecule has 3 heteroatoms. The Morgan fingerprint density at radius 2 is 2.00 bits per heavy atom. The lowest BCUT2D eigenvalue weighted by Crippen LogP contribution is -2.45. The normalized spacial score (nSPS) is 17.9. The molecule has 0 bridgehead atoms. The molecule has 1 saturated carbocycles. The molecular weight excluding hydrogens is 227 g/mol. The largest absolute Gasteiger partial charge is 0.365 e. The molecule has 18 heavy (non-hydrogen) atoms. The molecule has 1 fully saturated rings. The molecule has 1 atom stereocenters. The van der Waals surface area contributed by atoms with Crippen LogP contribution in [0, 0.1) is 11.7 Å². The fourth-order valence-electron chi connectivity index (χ4n) is 3.18. The number of nitrogens with two attached hydrogens (primary N) is 1. The molecule has 100 valence electrons. The molecule has 0 heterocycles. The second-order valence-electron chi connectivity index (χ2n) is 5.09. The molecule has 0 aliphatic heterocycles. The molecule has 0 aromatic heterocycles. The summed E-state index contributed by atoms with van der Waals surface area (Å²) in [5.74, 6) is 0.477. The van der Waals surface area contributed by atoms with Crippen LogP contribution in [-0.4, -0.2) is 19.1 Å². The van der Waals surface area contributed by atoms with Crippen molar-refractivity contribution in [1.29, 1.82) is 0 Å². The first-order valence-electron chi connectivity index (χ1n) is 6.99. The van der Waals surface area contributed by atoms with Gasteiger partial charge in [0, 0.05) is 19.1 Å². The third kappa shape index (κ3) is 2.66. The van der Waals surface area contributed by atoms with Gasteiger partial charge in [-0.15, -0.1) is 0 Å². The van der Waals surface area contributed by atoms with Crippen LogP contribution in [-0.2, 0) is 0 Å². The molecule has 2 nitrogen and oxygen atoms in total. The zero-order chi connectivity index (χ0) is 13.0. The van der Waals surface area contributed by atoms with Crippen LogP contribution in [0.5, 0.6) is 0 Å². The van der Waals surface area contributed by atoms with Gasteiger partial charge in [0.05, 0.1) is 5.69 Å². The molecule has 2 N–H and O–H groups in total. The van der Waals surface area contributed by atoms with Gasteiger partial charge in [0.1, 0.15) is 5.82 Å². The molecular formula is C15H23FN2. The number of hydrogen-bond donors (Lipinski definition) is 1. The lowest BCUT2D eigenvalue weighted by atomic mass is 9.96. The topological polar surface area (TPSA) is 29.3 Å². The molecule has 1 aliphatic carbocycles. The second-order valence-corrected chi connectivity index (χ2v) is 5.09. The van der Waals surface area contributed by atoms with Gasteiger partial charge in [-0.1, -0.05) is 25.0 Å². The highest BCUT2D eigenvalue weighted by atomic mass is 19.1. The SMILES string of the molecule is CCN(c1ccccc1F)C(CN)C1CCCC1. The Kier molecular flexibility index (Phi) is 4.59. The first-order chi connectivity index (χ1) is 8.77. The quantitative estimate of drug-likeness (QED) is 0.869. The Morgan fingerprint density at radius 3 is 2.56 bits per heavy atom. The van der Waals surface area contributed by atoms with Gasteiger partial charge in [0.15, 0.2) is 0 Å². The van der Waals surface area contributed by atoms with E-state index in [1.807, 2.05) is 12.1 Å². The van der Waals surface area contributed by atoms with Gasteiger partial charge in [-0.25, -0.2) is 4.39 Å². The van der Waals surface area contributed by atoms with Crippen molar-refractivity contribution in [2.24, 2.45) is 11.7 Å². The number of halogens is 1. The van der Waals surface area contributed by atoms with Gasteiger partial charge in [-0.05, 0) is 37.8 Å². The van der Waals surface area contributed by atoms with Crippen molar-refractivity contribution in [1.82, 2.24) is 0 Å². The van der Waals surface area contributed by atoms with Crippen molar-refractivity contribution in [2.75, 3.05) is 18.0 Å². The average molecular weight is 250 g/mol. The van der Waals surface area contributed by atoms with Crippen LogP contribution in [0.4, 0.5) is 10.1 Å². The summed E-state index contributed by atoms with van der Waals surface area (Å²) in [4.78, 5) is 2.14. The van der Waals surface area contributed by atoms with Gasteiger partial charge in [-0.3, -0.25) is 0 Å². The smallest absolute Gasteiger partial charge is 0.146 e. The summed E-state index contributed by atoms with van der Waals surface area (Å²) in [5.41, 5.74) is 6.65. The van der Waals surface area contributed by atoms with Crippen molar-refractivity contribution in [3.05, 3.63) is 30.1 Å². The Balaban J connectivity index is 2.23. The Morgan fingerprint density at radius 1 is 1.33 bits per heavy atom. The second kappa shape index (κ2) is 6.19. The first-order valence-corrected chi connectivity index (χ1v) is 6.99. The molecule has 0 amide bonds. The maximum absolute atomic E-state index is 13.9. The van der Waals surface area contributed by atoms with E-state index in [2.05, 4.69) is 11.8 Å². The maximum atomic E-state index is 13.9. The monoisotopic (exact) mass is 250 g/mol. The number of benzene rings is 1. The highest BCUT2D eigenvalue weighted by molar-refractivity contribution is 5.48. The van der Waals surface area contributed by atoms with E-state index in [4.69, 9.17) is 5.73 Å². The zero-order valence-electron chi connectivity index (χ0n) is 11.1. The summed E-state index contributed by atoms with van der Waals surface area (Å²) < 4.78 is 13.9. The van der Waals surface area contributed by atoms with E-state index in [1.54, 1.807) is 6.07 Å². The number of anilines is 1. The standard InChI is InChI=1S/C15H23FN2/c1-2-18(14-10-6-5-9-13(14)16)15(11-17)12-7-3-4-8-12/h5-6,9-10,12,15H,2-4,7-8,11,17H2,1H3. The molecule has 1 aromatic carbocycles. The van der Waals surface area contributed by atoms with Crippen LogP contribution < -0.4 is 10.6 Å². The summed E-state index contributed by atoms with van der Waals surface area (Å²) in [5, 5.41) is 0. The highest BCUT2D eigenvalue weighted by Crippen LogP contribution is 2.32. The van der Waals surface area contributed by atoms with Crippen molar-refractivity contribution in [2.45, 2.75) is 38.6 Å². The van der Waals surface area contributed by atoms with E-state index in [9.17, 15) is 4.39 Å². The van der Waals surface area contributed by atoms with E-state index in [0.29, 0.717) is 18.2 Å². The maximum Gasteiger partial charge on any atom is 0.146 e. The van der Waals surface area contributed by atoms with E-state index in [-0.39, 0.29) is 11.9 Å². The predicted molar refractivity (Wildman–Crippen MR) is 74.2 cm³/mol. The van der Waals surface area contributed by atoms with Gasteiger partial charge >= 0.3 is 0 Å². The average Bonchev–Trinajstić information content (AvgIpc) is 2.90. The molecule has 2 rings (SSSR count). The zero-order valence-corrected chi connectivity index (χ0v) is 11.1. The summed E-state index contributed by atoms with van der Waals surface area (Å²) in [6.07, 6.45) is 5.03. The van der Waals surface area contributed by atoms with Gasteiger partial charge in [0.25, 0.3) is 0 Å². The van der Waals surface area contributed by atoms with E-state index in [0.717, 1.165) is 6.54 Å². The molecule has 0 radical (unpaired) electrons. The van der Waals surface area contributed by atoms with Crippen molar-refractivity contribution in [3.63, 3.8) is 0 Å².